The van der Waals surface area contributed by atoms with E-state index in [2.05, 4.69) is 0 Å². The van der Waals surface area contributed by atoms with Gasteiger partial charge in [0.15, 0.2) is 19.0 Å². The summed E-state index contributed by atoms with van der Waals surface area (Å²) in [6.45, 7) is -0.736. The highest BCUT2D eigenvalue weighted by Gasteiger charge is 2.12. The molecule has 0 radical (unpaired) electrons. The third kappa shape index (κ3) is 5.15. The van der Waals surface area contributed by atoms with E-state index in [0.29, 0.717) is 22.1 Å². The van der Waals surface area contributed by atoms with Crippen LogP contribution in [0.25, 0.3) is 0 Å². The molecule has 0 amide bonds. The molecule has 0 aliphatic rings. The number of ether oxygens (including phenoxy) is 3. The molecule has 0 fully saturated rings. The molecule has 0 spiro atoms. The first-order valence-corrected chi connectivity index (χ1v) is 7.66. The lowest BCUT2D eigenvalue weighted by Gasteiger charge is -2.08. The number of ketones is 1. The second-order valence-corrected chi connectivity index (χ2v) is 5.52. The number of carbonyl (C=O) groups excluding carboxylic acids is 2. The zero-order chi connectivity index (χ0) is 17.5. The van der Waals surface area contributed by atoms with Crippen molar-refractivity contribution in [1.29, 1.82) is 0 Å². The molecule has 0 N–H and O–H groups in total. The van der Waals surface area contributed by atoms with Crippen LogP contribution in [0, 0.1) is 0 Å². The van der Waals surface area contributed by atoms with Gasteiger partial charge in [-0.05, 0) is 42.5 Å². The minimum atomic E-state index is -0.678. The number of halogens is 2. The highest BCUT2D eigenvalue weighted by atomic mass is 35.5. The number of rotatable bonds is 7. The number of hydrogen-bond acceptors (Lipinski definition) is 5. The summed E-state index contributed by atoms with van der Waals surface area (Å²) in [5.41, 5.74) is 0.422. The van der Waals surface area contributed by atoms with Gasteiger partial charge in [0.05, 0.1) is 12.1 Å². The summed E-state index contributed by atoms with van der Waals surface area (Å²) in [4.78, 5) is 23.6. The van der Waals surface area contributed by atoms with Crippen LogP contribution in [-0.4, -0.2) is 32.1 Å². The molecule has 126 valence electrons. The maximum Gasteiger partial charge on any atom is 0.344 e. The van der Waals surface area contributed by atoms with Crippen molar-refractivity contribution in [2.24, 2.45) is 0 Å². The van der Waals surface area contributed by atoms with Gasteiger partial charge in [0.2, 0.25) is 0 Å². The van der Waals surface area contributed by atoms with Gasteiger partial charge in [-0.25, -0.2) is 4.79 Å². The van der Waals surface area contributed by atoms with Crippen molar-refractivity contribution in [2.75, 3.05) is 20.3 Å². The molecule has 2 aromatic rings. The van der Waals surface area contributed by atoms with Gasteiger partial charge in [0, 0.05) is 10.6 Å². The van der Waals surface area contributed by atoms with Gasteiger partial charge in [-0.15, -0.1) is 0 Å². The van der Waals surface area contributed by atoms with E-state index in [0.717, 1.165) is 0 Å². The molecule has 0 aromatic heterocycles. The summed E-state index contributed by atoms with van der Waals surface area (Å²) < 4.78 is 15.1. The second kappa shape index (κ2) is 8.57. The molecule has 24 heavy (non-hydrogen) atoms. The molecule has 7 heteroatoms. The number of benzene rings is 2. The third-order valence-corrected chi connectivity index (χ3v) is 3.55. The van der Waals surface area contributed by atoms with Crippen LogP contribution in [0.5, 0.6) is 11.5 Å². The van der Waals surface area contributed by atoms with Gasteiger partial charge < -0.3 is 14.2 Å². The van der Waals surface area contributed by atoms with Crippen LogP contribution in [0.1, 0.15) is 10.4 Å². The normalized spacial score (nSPS) is 10.1. The summed E-state index contributed by atoms with van der Waals surface area (Å²) >= 11 is 11.7. The zero-order valence-corrected chi connectivity index (χ0v) is 14.3. The number of carbonyl (C=O) groups is 2. The Balaban J connectivity index is 1.80. The van der Waals surface area contributed by atoms with Crippen LogP contribution < -0.4 is 9.47 Å². The first-order chi connectivity index (χ1) is 11.5. The molecular formula is C17H14Cl2O5. The molecule has 0 saturated heterocycles. The number of methoxy groups -OCH3 is 1. The lowest BCUT2D eigenvalue weighted by Crippen LogP contribution is -2.19. The van der Waals surface area contributed by atoms with Crippen molar-refractivity contribution in [2.45, 2.75) is 0 Å². The van der Waals surface area contributed by atoms with Crippen molar-refractivity contribution in [3.05, 3.63) is 58.1 Å². The van der Waals surface area contributed by atoms with Crippen LogP contribution in [-0.2, 0) is 9.53 Å². The summed E-state index contributed by atoms with van der Waals surface area (Å²) in [5, 5.41) is 0.740. The van der Waals surface area contributed by atoms with Crippen LogP contribution in [0.4, 0.5) is 0 Å². The lowest BCUT2D eigenvalue weighted by atomic mass is 10.1. The van der Waals surface area contributed by atoms with Gasteiger partial charge in [-0.1, -0.05) is 23.2 Å². The van der Waals surface area contributed by atoms with E-state index in [9.17, 15) is 9.59 Å². The predicted octanol–water partition coefficient (Wildman–Crippen LogP) is 3.81. The average molecular weight is 369 g/mol. The Morgan fingerprint density at radius 2 is 1.71 bits per heavy atom. The van der Waals surface area contributed by atoms with Crippen molar-refractivity contribution in [3.8, 4) is 11.5 Å². The van der Waals surface area contributed by atoms with Gasteiger partial charge in [-0.3, -0.25) is 4.79 Å². The largest absolute Gasteiger partial charge is 0.497 e. The third-order valence-electron chi connectivity index (χ3n) is 3.02. The fourth-order valence-corrected chi connectivity index (χ4v) is 2.24. The van der Waals surface area contributed by atoms with Gasteiger partial charge >= 0.3 is 5.97 Å². The standard InChI is InChI=1S/C17H14Cl2O5/c1-22-13-5-2-11(3-6-13)15(20)9-24-17(21)10-23-16-7-4-12(18)8-14(16)19/h2-8H,9-10H2,1H3. The summed E-state index contributed by atoms with van der Waals surface area (Å²) in [6.07, 6.45) is 0. The minimum Gasteiger partial charge on any atom is -0.497 e. The Morgan fingerprint density at radius 1 is 1.00 bits per heavy atom. The monoisotopic (exact) mass is 368 g/mol. The molecule has 2 aromatic carbocycles. The van der Waals surface area contributed by atoms with Gasteiger partial charge in [0.1, 0.15) is 11.5 Å². The Morgan fingerprint density at radius 3 is 2.33 bits per heavy atom. The number of esters is 1. The molecule has 5 nitrogen and oxygen atoms in total. The van der Waals surface area contributed by atoms with Gasteiger partial charge in [-0.2, -0.15) is 0 Å². The lowest BCUT2D eigenvalue weighted by molar-refractivity contribution is -0.144. The van der Waals surface area contributed by atoms with Crippen molar-refractivity contribution >= 4 is 35.0 Å². The fraction of sp³-hybridized carbons (Fsp3) is 0.176. The van der Waals surface area contributed by atoms with Crippen molar-refractivity contribution < 1.29 is 23.8 Å². The Hall–Kier alpha value is -2.24. The maximum atomic E-state index is 11.9. The van der Waals surface area contributed by atoms with Gasteiger partial charge in [0.25, 0.3) is 0 Å². The first kappa shape index (κ1) is 18.1. The van der Waals surface area contributed by atoms with E-state index < -0.39 is 5.97 Å². The van der Waals surface area contributed by atoms with E-state index in [1.165, 1.54) is 13.2 Å². The van der Waals surface area contributed by atoms with E-state index in [1.54, 1.807) is 36.4 Å². The molecule has 2 rings (SSSR count). The summed E-state index contributed by atoms with van der Waals surface area (Å²) in [5.74, 6) is -0.0605. The summed E-state index contributed by atoms with van der Waals surface area (Å²) in [7, 11) is 1.53. The molecule has 0 atom stereocenters. The van der Waals surface area contributed by atoms with E-state index >= 15 is 0 Å². The molecule has 0 unspecified atom stereocenters. The topological polar surface area (TPSA) is 61.8 Å². The Bertz CT molecular complexity index is 728. The SMILES string of the molecule is COc1ccc(C(=O)COC(=O)COc2ccc(Cl)cc2Cl)cc1. The summed E-state index contributed by atoms with van der Waals surface area (Å²) in [6, 6.07) is 11.1. The minimum absolute atomic E-state index is 0.282. The van der Waals surface area contributed by atoms with Crippen molar-refractivity contribution in [3.63, 3.8) is 0 Å². The molecule has 0 heterocycles. The molecule has 0 saturated carbocycles. The Kier molecular flexibility index (Phi) is 6.46. The molecule has 0 aliphatic heterocycles. The highest BCUT2D eigenvalue weighted by molar-refractivity contribution is 6.35. The molecular weight excluding hydrogens is 355 g/mol. The average Bonchev–Trinajstić information content (AvgIpc) is 2.59. The number of Topliss-reactive ketones (excluding diaryl/α,β-unsaturated/α-hetero) is 1. The highest BCUT2D eigenvalue weighted by Crippen LogP contribution is 2.27. The van der Waals surface area contributed by atoms with E-state index in [1.807, 2.05) is 0 Å². The predicted molar refractivity (Wildman–Crippen MR) is 90.2 cm³/mol. The second-order valence-electron chi connectivity index (χ2n) is 4.68. The van der Waals surface area contributed by atoms with Crippen LogP contribution in [0.15, 0.2) is 42.5 Å². The fourth-order valence-electron chi connectivity index (χ4n) is 1.78. The molecule has 0 bridgehead atoms. The molecule has 0 aliphatic carbocycles. The Labute approximate surface area is 149 Å². The van der Waals surface area contributed by atoms with E-state index in [4.69, 9.17) is 37.4 Å². The van der Waals surface area contributed by atoms with E-state index in [-0.39, 0.29) is 24.0 Å². The number of hydrogen-bond donors (Lipinski definition) is 0. The zero-order valence-electron chi connectivity index (χ0n) is 12.8. The quantitative estimate of drug-likeness (QED) is 0.549. The maximum absolute atomic E-state index is 11.9. The first-order valence-electron chi connectivity index (χ1n) is 6.90. The van der Waals surface area contributed by atoms with Crippen LogP contribution in [0.2, 0.25) is 10.0 Å². The smallest absolute Gasteiger partial charge is 0.344 e. The van der Waals surface area contributed by atoms with Crippen molar-refractivity contribution in [1.82, 2.24) is 0 Å². The van der Waals surface area contributed by atoms with Crippen LogP contribution >= 0.6 is 23.2 Å². The van der Waals surface area contributed by atoms with Crippen LogP contribution in [0.3, 0.4) is 0 Å².